The third-order valence-electron chi connectivity index (χ3n) is 0.873. The van der Waals surface area contributed by atoms with Gasteiger partial charge in [0, 0.05) is 26.8 Å². The largest absolute Gasteiger partial charge is 0.317 e. The van der Waals surface area contributed by atoms with Crippen LogP contribution in [0.3, 0.4) is 0 Å². The van der Waals surface area contributed by atoms with E-state index in [1.165, 1.54) is 12.8 Å². The number of nitrogens with zero attached hydrogens (tertiary/aromatic N) is 1. The van der Waals surface area contributed by atoms with E-state index in [2.05, 4.69) is 11.8 Å². The van der Waals surface area contributed by atoms with E-state index in [0.29, 0.717) is 6.54 Å². The van der Waals surface area contributed by atoms with Crippen molar-refractivity contribution in [2.75, 3.05) is 6.54 Å². The van der Waals surface area contributed by atoms with Crippen molar-refractivity contribution in [3.8, 4) is 0 Å². The van der Waals surface area contributed by atoms with Crippen LogP contribution in [0.5, 0.6) is 0 Å². The molecular weight excluding hydrogens is 192 g/mol. The summed E-state index contributed by atoms with van der Waals surface area (Å²) in [6.45, 7) is 9.26. The summed E-state index contributed by atoms with van der Waals surface area (Å²) in [4.78, 5) is 3.22. The van der Waals surface area contributed by atoms with Gasteiger partial charge in [-0.25, -0.2) is 6.57 Å². The fourth-order valence-electron chi connectivity index (χ4n) is 0.441. The van der Waals surface area contributed by atoms with Gasteiger partial charge >= 0.3 is 0 Å². The molecule has 2 heteroatoms. The monoisotopic (exact) mass is 203 g/mol. The topological polar surface area (TPSA) is 4.36 Å². The SMILES string of the molecule is [C-]#[N+]CCCCC.[Pd]. The molecule has 0 unspecified atom stereocenters. The van der Waals surface area contributed by atoms with E-state index >= 15 is 0 Å². The van der Waals surface area contributed by atoms with E-state index < -0.39 is 0 Å². The molecular formula is C6H11NPd. The first-order valence-electron chi connectivity index (χ1n) is 2.75. The van der Waals surface area contributed by atoms with Crippen LogP contribution in [0.2, 0.25) is 0 Å². The van der Waals surface area contributed by atoms with Crippen LogP contribution in [0, 0.1) is 6.57 Å². The molecule has 0 N–H and O–H groups in total. The summed E-state index contributed by atoms with van der Waals surface area (Å²) >= 11 is 0. The van der Waals surface area contributed by atoms with Crippen molar-refractivity contribution in [3.05, 3.63) is 11.4 Å². The molecule has 0 aliphatic rings. The van der Waals surface area contributed by atoms with Crippen LogP contribution in [0.1, 0.15) is 26.2 Å². The van der Waals surface area contributed by atoms with Crippen molar-refractivity contribution in [2.45, 2.75) is 26.2 Å². The molecule has 0 spiro atoms. The van der Waals surface area contributed by atoms with Crippen molar-refractivity contribution in [2.24, 2.45) is 0 Å². The quantitative estimate of drug-likeness (QED) is 0.376. The van der Waals surface area contributed by atoms with Crippen molar-refractivity contribution >= 4 is 0 Å². The number of hydrogen-bond acceptors (Lipinski definition) is 0. The maximum atomic E-state index is 6.41. The average molecular weight is 204 g/mol. The smallest absolute Gasteiger partial charge is 0.214 e. The Kier molecular flexibility index (Phi) is 14.0. The summed E-state index contributed by atoms with van der Waals surface area (Å²) < 4.78 is 0. The number of unbranched alkanes of at least 4 members (excludes halogenated alkanes) is 2. The zero-order valence-corrected chi connectivity index (χ0v) is 6.65. The molecule has 0 aliphatic carbocycles. The van der Waals surface area contributed by atoms with Gasteiger partial charge in [-0.1, -0.05) is 13.3 Å². The molecule has 0 aromatic heterocycles. The predicted molar refractivity (Wildman–Crippen MR) is 31.0 cm³/mol. The molecule has 0 aliphatic heterocycles. The maximum absolute atomic E-state index is 6.41. The van der Waals surface area contributed by atoms with Crippen molar-refractivity contribution in [1.29, 1.82) is 0 Å². The van der Waals surface area contributed by atoms with Crippen LogP contribution >= 0.6 is 0 Å². The average Bonchev–Trinajstić information content (AvgIpc) is 1.69. The van der Waals surface area contributed by atoms with Crippen LogP contribution in [0.25, 0.3) is 4.85 Å². The van der Waals surface area contributed by atoms with Crippen LogP contribution in [0.4, 0.5) is 0 Å². The van der Waals surface area contributed by atoms with Gasteiger partial charge in [0.25, 0.3) is 0 Å². The second-order valence-corrected chi connectivity index (χ2v) is 1.59. The van der Waals surface area contributed by atoms with Crippen molar-refractivity contribution in [1.82, 2.24) is 0 Å². The van der Waals surface area contributed by atoms with E-state index in [0.717, 1.165) is 6.42 Å². The first-order valence-corrected chi connectivity index (χ1v) is 2.75. The summed E-state index contributed by atoms with van der Waals surface area (Å²) in [6.07, 6.45) is 3.51. The minimum absolute atomic E-state index is 0. The first kappa shape index (κ1) is 11.0. The molecule has 0 heterocycles. The molecule has 0 aromatic carbocycles. The second-order valence-electron chi connectivity index (χ2n) is 1.59. The molecule has 0 rings (SSSR count). The molecule has 0 bridgehead atoms. The van der Waals surface area contributed by atoms with Gasteiger partial charge in [-0.2, -0.15) is 0 Å². The molecule has 1 nitrogen and oxygen atoms in total. The summed E-state index contributed by atoms with van der Waals surface area (Å²) in [5.41, 5.74) is 0. The zero-order valence-electron chi connectivity index (χ0n) is 5.09. The fraction of sp³-hybridized carbons (Fsp3) is 0.833. The maximum Gasteiger partial charge on any atom is 0.214 e. The van der Waals surface area contributed by atoms with E-state index in [-0.39, 0.29) is 20.4 Å². The molecule has 0 radical (unpaired) electrons. The molecule has 8 heavy (non-hydrogen) atoms. The van der Waals surface area contributed by atoms with Gasteiger partial charge in [0.1, 0.15) is 0 Å². The number of rotatable bonds is 3. The minimum atomic E-state index is 0. The van der Waals surface area contributed by atoms with Crippen LogP contribution in [-0.4, -0.2) is 6.54 Å². The van der Waals surface area contributed by atoms with Crippen molar-refractivity contribution < 1.29 is 20.4 Å². The molecule has 0 aromatic rings. The Morgan fingerprint density at radius 1 is 1.38 bits per heavy atom. The Labute approximate surface area is 64.9 Å². The summed E-state index contributed by atoms with van der Waals surface area (Å²) in [5.74, 6) is 0. The van der Waals surface area contributed by atoms with Gasteiger partial charge in [-0.3, -0.25) is 0 Å². The van der Waals surface area contributed by atoms with E-state index in [4.69, 9.17) is 6.57 Å². The summed E-state index contributed by atoms with van der Waals surface area (Å²) in [6, 6.07) is 0. The second kappa shape index (κ2) is 10.2. The molecule has 0 saturated heterocycles. The van der Waals surface area contributed by atoms with Gasteiger partial charge < -0.3 is 4.85 Å². The van der Waals surface area contributed by atoms with Gasteiger partial charge in [0.15, 0.2) is 0 Å². The Bertz CT molecular complexity index is 65.4. The Balaban J connectivity index is 0. The van der Waals surface area contributed by atoms with Crippen LogP contribution in [0.15, 0.2) is 0 Å². The third-order valence-corrected chi connectivity index (χ3v) is 0.873. The Morgan fingerprint density at radius 3 is 2.38 bits per heavy atom. The van der Waals surface area contributed by atoms with Crippen LogP contribution < -0.4 is 0 Å². The minimum Gasteiger partial charge on any atom is -0.317 e. The third kappa shape index (κ3) is 9.47. The van der Waals surface area contributed by atoms with E-state index in [1.807, 2.05) is 0 Å². The molecule has 50 valence electrons. The molecule has 0 fully saturated rings. The summed E-state index contributed by atoms with van der Waals surface area (Å²) in [7, 11) is 0. The van der Waals surface area contributed by atoms with Gasteiger partial charge in [0.05, 0.1) is 0 Å². The number of hydrogen-bond donors (Lipinski definition) is 0. The zero-order chi connectivity index (χ0) is 5.54. The van der Waals surface area contributed by atoms with E-state index in [9.17, 15) is 0 Å². The van der Waals surface area contributed by atoms with Gasteiger partial charge in [0.2, 0.25) is 6.54 Å². The Hall–Kier alpha value is 0.152. The summed E-state index contributed by atoms with van der Waals surface area (Å²) in [5, 5.41) is 0. The van der Waals surface area contributed by atoms with Crippen molar-refractivity contribution in [3.63, 3.8) is 0 Å². The normalized spacial score (nSPS) is 7.00. The van der Waals surface area contributed by atoms with Crippen LogP contribution in [-0.2, 0) is 20.4 Å². The molecule has 0 saturated carbocycles. The first-order chi connectivity index (χ1) is 3.41. The predicted octanol–water partition coefficient (Wildman–Crippen LogP) is 2.09. The van der Waals surface area contributed by atoms with Gasteiger partial charge in [-0.05, 0) is 6.42 Å². The standard InChI is InChI=1S/C6H11N.Pd/c1-3-4-5-6-7-2;/h3-6H2,1H3;. The molecule has 0 amide bonds. The Morgan fingerprint density at radius 2 is 2.00 bits per heavy atom. The van der Waals surface area contributed by atoms with Gasteiger partial charge in [-0.15, -0.1) is 0 Å². The molecule has 0 atom stereocenters. The van der Waals surface area contributed by atoms with E-state index in [1.54, 1.807) is 0 Å². The fourth-order valence-corrected chi connectivity index (χ4v) is 0.441.